The Bertz CT molecular complexity index is 474. The van der Waals surface area contributed by atoms with Gasteiger partial charge in [0.15, 0.2) is 0 Å². The molecule has 1 aromatic rings. The highest BCUT2D eigenvalue weighted by Gasteiger charge is 2.37. The Morgan fingerprint density at radius 3 is 2.75 bits per heavy atom. The van der Waals surface area contributed by atoms with Gasteiger partial charge in [-0.25, -0.2) is 0 Å². The summed E-state index contributed by atoms with van der Waals surface area (Å²) in [5, 5.41) is 10.4. The number of nitrogens with zero attached hydrogens (tertiary/aromatic N) is 1. The van der Waals surface area contributed by atoms with Crippen LogP contribution in [0.2, 0.25) is 0 Å². The van der Waals surface area contributed by atoms with Crippen molar-refractivity contribution in [3.63, 3.8) is 0 Å². The monoisotopic (exact) mass is 279 g/mol. The lowest BCUT2D eigenvalue weighted by atomic mass is 9.77. The minimum Gasteiger partial charge on any atom is -0.361 e. The molecule has 2 unspecified atom stereocenters. The molecule has 1 aromatic heterocycles. The van der Waals surface area contributed by atoms with Crippen LogP contribution in [0, 0.1) is 19.3 Å². The molecule has 20 heavy (non-hydrogen) atoms. The standard InChI is InChI=1S/C15H25N3O2/c1-9(12-10(2)18-20-11(12)3)17-14(19)13-15(4,5)7-6-8-16-13/h9,13,16H,6-8H2,1-5H3,(H,17,19). The van der Waals surface area contributed by atoms with Gasteiger partial charge in [-0.15, -0.1) is 0 Å². The Balaban J connectivity index is 2.08. The molecule has 1 amide bonds. The number of hydrogen-bond acceptors (Lipinski definition) is 4. The summed E-state index contributed by atoms with van der Waals surface area (Å²) in [5.74, 6) is 0.827. The largest absolute Gasteiger partial charge is 0.361 e. The normalized spacial score (nSPS) is 23.4. The lowest BCUT2D eigenvalue weighted by Crippen LogP contribution is -2.55. The summed E-state index contributed by atoms with van der Waals surface area (Å²) in [5.41, 5.74) is 1.80. The molecule has 0 bridgehead atoms. The maximum atomic E-state index is 12.5. The van der Waals surface area contributed by atoms with Crippen LogP contribution in [0.15, 0.2) is 4.52 Å². The number of rotatable bonds is 3. The number of hydrogen-bond donors (Lipinski definition) is 2. The number of aryl methyl sites for hydroxylation is 2. The predicted molar refractivity (Wildman–Crippen MR) is 77.3 cm³/mol. The summed E-state index contributed by atoms with van der Waals surface area (Å²) in [4.78, 5) is 12.5. The van der Waals surface area contributed by atoms with Gasteiger partial charge in [0.25, 0.3) is 0 Å². The van der Waals surface area contributed by atoms with Gasteiger partial charge in [0.1, 0.15) is 5.76 Å². The van der Waals surface area contributed by atoms with Crippen molar-refractivity contribution in [3.8, 4) is 0 Å². The van der Waals surface area contributed by atoms with Crippen LogP contribution in [-0.4, -0.2) is 23.7 Å². The highest BCUT2D eigenvalue weighted by atomic mass is 16.5. The molecular weight excluding hydrogens is 254 g/mol. The number of aromatic nitrogens is 1. The van der Waals surface area contributed by atoms with E-state index >= 15 is 0 Å². The zero-order chi connectivity index (χ0) is 14.9. The van der Waals surface area contributed by atoms with E-state index in [0.717, 1.165) is 36.4 Å². The first-order valence-corrected chi connectivity index (χ1v) is 7.29. The van der Waals surface area contributed by atoms with Crippen molar-refractivity contribution in [1.29, 1.82) is 0 Å². The van der Waals surface area contributed by atoms with Crippen molar-refractivity contribution < 1.29 is 9.32 Å². The van der Waals surface area contributed by atoms with Crippen molar-refractivity contribution in [2.45, 2.75) is 59.5 Å². The second-order valence-electron chi connectivity index (χ2n) is 6.45. The van der Waals surface area contributed by atoms with Crippen LogP contribution in [0.25, 0.3) is 0 Å². The van der Waals surface area contributed by atoms with Crippen molar-refractivity contribution in [1.82, 2.24) is 15.8 Å². The third kappa shape index (κ3) is 2.87. The van der Waals surface area contributed by atoms with Gasteiger partial charge < -0.3 is 15.2 Å². The van der Waals surface area contributed by atoms with E-state index in [2.05, 4.69) is 29.6 Å². The smallest absolute Gasteiger partial charge is 0.238 e. The van der Waals surface area contributed by atoms with E-state index in [4.69, 9.17) is 4.52 Å². The van der Waals surface area contributed by atoms with E-state index < -0.39 is 0 Å². The number of nitrogens with one attached hydrogen (secondary N) is 2. The van der Waals surface area contributed by atoms with Crippen molar-refractivity contribution in [2.24, 2.45) is 5.41 Å². The quantitative estimate of drug-likeness (QED) is 0.890. The molecule has 112 valence electrons. The van der Waals surface area contributed by atoms with Gasteiger partial charge in [-0.05, 0) is 45.6 Å². The van der Waals surface area contributed by atoms with Crippen LogP contribution >= 0.6 is 0 Å². The summed E-state index contributed by atoms with van der Waals surface area (Å²) < 4.78 is 5.17. The number of carbonyl (C=O) groups is 1. The molecule has 0 radical (unpaired) electrons. The van der Waals surface area contributed by atoms with E-state index in [1.54, 1.807) is 0 Å². The summed E-state index contributed by atoms with van der Waals surface area (Å²) in [7, 11) is 0. The van der Waals surface area contributed by atoms with Crippen LogP contribution in [0.1, 0.15) is 56.7 Å². The summed E-state index contributed by atoms with van der Waals surface area (Å²) in [6, 6.07) is -0.229. The molecule has 0 aliphatic carbocycles. The average molecular weight is 279 g/mol. The molecular formula is C15H25N3O2. The Kier molecular flexibility index (Phi) is 4.18. The molecule has 5 nitrogen and oxygen atoms in total. The average Bonchev–Trinajstić information content (AvgIpc) is 2.68. The molecule has 2 heterocycles. The van der Waals surface area contributed by atoms with Gasteiger partial charge in [-0.1, -0.05) is 19.0 Å². The predicted octanol–water partition coefficient (Wildman–Crippen LogP) is 2.25. The topological polar surface area (TPSA) is 67.2 Å². The molecule has 0 saturated carbocycles. The molecule has 1 aliphatic heterocycles. The molecule has 1 saturated heterocycles. The lowest BCUT2D eigenvalue weighted by Gasteiger charge is -2.38. The second kappa shape index (κ2) is 5.56. The number of amides is 1. The third-order valence-electron chi connectivity index (χ3n) is 4.27. The second-order valence-corrected chi connectivity index (χ2v) is 6.45. The van der Waals surface area contributed by atoms with Gasteiger partial charge in [-0.2, -0.15) is 0 Å². The van der Waals surface area contributed by atoms with Crippen LogP contribution in [0.4, 0.5) is 0 Å². The van der Waals surface area contributed by atoms with E-state index in [-0.39, 0.29) is 23.4 Å². The van der Waals surface area contributed by atoms with Crippen molar-refractivity contribution >= 4 is 5.91 Å². The zero-order valence-corrected chi connectivity index (χ0v) is 13.0. The first-order valence-electron chi connectivity index (χ1n) is 7.29. The summed E-state index contributed by atoms with van der Waals surface area (Å²) >= 11 is 0. The highest BCUT2D eigenvalue weighted by Crippen LogP contribution is 2.31. The molecule has 2 rings (SSSR count). The van der Waals surface area contributed by atoms with E-state index in [0.29, 0.717) is 0 Å². The molecule has 0 spiro atoms. The van der Waals surface area contributed by atoms with Crippen LogP contribution in [-0.2, 0) is 4.79 Å². The van der Waals surface area contributed by atoms with Crippen molar-refractivity contribution in [3.05, 3.63) is 17.0 Å². The Hall–Kier alpha value is -1.36. The van der Waals surface area contributed by atoms with Gasteiger partial charge in [0, 0.05) is 5.56 Å². The Labute approximate surface area is 120 Å². The Morgan fingerprint density at radius 1 is 1.50 bits per heavy atom. The first-order chi connectivity index (χ1) is 9.33. The fourth-order valence-electron chi connectivity index (χ4n) is 3.14. The number of piperidine rings is 1. The van der Waals surface area contributed by atoms with Gasteiger partial charge in [0.2, 0.25) is 5.91 Å². The first kappa shape index (κ1) is 15.0. The molecule has 1 fully saturated rings. The third-order valence-corrected chi connectivity index (χ3v) is 4.27. The van der Waals surface area contributed by atoms with Gasteiger partial charge in [-0.3, -0.25) is 4.79 Å². The van der Waals surface area contributed by atoms with Crippen LogP contribution in [0.3, 0.4) is 0 Å². The molecule has 5 heteroatoms. The SMILES string of the molecule is Cc1noc(C)c1C(C)NC(=O)C1NCCCC1(C)C. The molecule has 2 N–H and O–H groups in total. The maximum Gasteiger partial charge on any atom is 0.238 e. The van der Waals surface area contributed by atoms with Crippen LogP contribution in [0.5, 0.6) is 0 Å². The van der Waals surface area contributed by atoms with E-state index in [1.807, 2.05) is 20.8 Å². The van der Waals surface area contributed by atoms with Crippen molar-refractivity contribution in [2.75, 3.05) is 6.54 Å². The van der Waals surface area contributed by atoms with E-state index in [1.165, 1.54) is 0 Å². The zero-order valence-electron chi connectivity index (χ0n) is 13.0. The maximum absolute atomic E-state index is 12.5. The Morgan fingerprint density at radius 2 is 2.20 bits per heavy atom. The lowest BCUT2D eigenvalue weighted by molar-refractivity contribution is -0.127. The van der Waals surface area contributed by atoms with Gasteiger partial charge >= 0.3 is 0 Å². The van der Waals surface area contributed by atoms with E-state index in [9.17, 15) is 4.79 Å². The highest BCUT2D eigenvalue weighted by molar-refractivity contribution is 5.83. The fourth-order valence-corrected chi connectivity index (χ4v) is 3.14. The van der Waals surface area contributed by atoms with Crippen LogP contribution < -0.4 is 10.6 Å². The molecule has 2 atom stereocenters. The minimum atomic E-state index is -0.140. The molecule has 0 aromatic carbocycles. The molecule has 1 aliphatic rings. The minimum absolute atomic E-state index is 0.0131. The van der Waals surface area contributed by atoms with Gasteiger partial charge in [0.05, 0.1) is 17.8 Å². The fraction of sp³-hybridized carbons (Fsp3) is 0.733. The number of carbonyl (C=O) groups excluding carboxylic acids is 1. The summed E-state index contributed by atoms with van der Waals surface area (Å²) in [6.45, 7) is 10.9. The summed E-state index contributed by atoms with van der Waals surface area (Å²) in [6.07, 6.45) is 2.19.